The number of carbonyl (C=O) groups excluding carboxylic acids is 1. The first-order chi connectivity index (χ1) is 21.6. The van der Waals surface area contributed by atoms with E-state index in [2.05, 4.69) is 74.6 Å². The predicted octanol–water partition coefficient (Wildman–Crippen LogP) is 12.6. The molecule has 0 aromatic rings. The number of esters is 1. The molecule has 0 aliphatic heterocycles. The molecule has 252 valence electrons. The Bertz CT molecular complexity index is 789. The van der Waals surface area contributed by atoms with Gasteiger partial charge in [-0.3, -0.25) is 9.59 Å². The third-order valence-electron chi connectivity index (χ3n) is 7.77. The highest BCUT2D eigenvalue weighted by molar-refractivity contribution is 5.69. The lowest BCUT2D eigenvalue weighted by Crippen LogP contribution is -2.19. The van der Waals surface area contributed by atoms with Crippen molar-refractivity contribution in [1.82, 2.24) is 0 Å². The highest BCUT2D eigenvalue weighted by atomic mass is 16.5. The van der Waals surface area contributed by atoms with Crippen molar-refractivity contribution in [3.8, 4) is 0 Å². The van der Waals surface area contributed by atoms with Crippen molar-refractivity contribution in [3.63, 3.8) is 0 Å². The van der Waals surface area contributed by atoms with Crippen molar-refractivity contribution in [1.29, 1.82) is 0 Å². The van der Waals surface area contributed by atoms with Crippen molar-refractivity contribution in [2.75, 3.05) is 0 Å². The van der Waals surface area contributed by atoms with Crippen molar-refractivity contribution < 1.29 is 19.4 Å². The molecular weight excluding hydrogens is 544 g/mol. The fraction of sp³-hybridized carbons (Fsp3) is 0.700. The second-order valence-electron chi connectivity index (χ2n) is 12.0. The standard InChI is InChI=1S/C40H68O4/c1-3-5-7-9-11-13-15-16-17-18-19-20-21-22-23-24-25-27-29-31-33-35-40(43)44-38(36-37-39(41)42)34-32-30-28-26-14-12-10-8-6-4-2/h5,7,11,13,16-17,19-20,22-23,38H,3-4,6,8-10,12,14-15,18,21,24-37H2,1-2H3,(H,41,42)/b7-5-,13-11-,17-16-,20-19-,23-22-. The van der Waals surface area contributed by atoms with Crippen LogP contribution in [0.15, 0.2) is 60.8 Å². The summed E-state index contributed by atoms with van der Waals surface area (Å²) in [6, 6.07) is 0. The number of rotatable bonds is 32. The summed E-state index contributed by atoms with van der Waals surface area (Å²) >= 11 is 0. The summed E-state index contributed by atoms with van der Waals surface area (Å²) in [5.74, 6) is -0.982. The van der Waals surface area contributed by atoms with Gasteiger partial charge in [-0.1, -0.05) is 152 Å². The summed E-state index contributed by atoms with van der Waals surface area (Å²) in [7, 11) is 0. The van der Waals surface area contributed by atoms with E-state index in [9.17, 15) is 9.59 Å². The maximum Gasteiger partial charge on any atom is 0.306 e. The monoisotopic (exact) mass is 613 g/mol. The maximum absolute atomic E-state index is 12.4. The Labute approximate surface area is 272 Å². The molecule has 0 aliphatic carbocycles. The molecule has 0 heterocycles. The van der Waals surface area contributed by atoms with Crippen LogP contribution in [-0.2, 0) is 14.3 Å². The van der Waals surface area contributed by atoms with Gasteiger partial charge in [0.2, 0.25) is 0 Å². The largest absolute Gasteiger partial charge is 0.481 e. The third-order valence-corrected chi connectivity index (χ3v) is 7.77. The quantitative estimate of drug-likeness (QED) is 0.0466. The minimum atomic E-state index is -0.821. The average Bonchev–Trinajstić information content (AvgIpc) is 3.01. The second kappa shape index (κ2) is 35.1. The van der Waals surface area contributed by atoms with Crippen LogP contribution in [0.1, 0.15) is 174 Å². The van der Waals surface area contributed by atoms with Gasteiger partial charge >= 0.3 is 11.9 Å². The minimum Gasteiger partial charge on any atom is -0.481 e. The molecule has 0 aliphatic rings. The van der Waals surface area contributed by atoms with Crippen LogP contribution in [0.2, 0.25) is 0 Å². The topological polar surface area (TPSA) is 63.6 Å². The molecule has 1 N–H and O–H groups in total. The first kappa shape index (κ1) is 41.6. The van der Waals surface area contributed by atoms with E-state index >= 15 is 0 Å². The molecule has 0 spiro atoms. The minimum absolute atomic E-state index is 0.0631. The fourth-order valence-corrected chi connectivity index (χ4v) is 5.08. The summed E-state index contributed by atoms with van der Waals surface area (Å²) in [6.07, 6.45) is 48.0. The third kappa shape index (κ3) is 34.1. The lowest BCUT2D eigenvalue weighted by atomic mass is 10.0. The smallest absolute Gasteiger partial charge is 0.306 e. The zero-order valence-electron chi connectivity index (χ0n) is 28.7. The van der Waals surface area contributed by atoms with Crippen LogP contribution in [0.25, 0.3) is 0 Å². The molecule has 0 aromatic carbocycles. The van der Waals surface area contributed by atoms with Crippen LogP contribution in [0.4, 0.5) is 0 Å². The van der Waals surface area contributed by atoms with Gasteiger partial charge in [0, 0.05) is 12.8 Å². The molecule has 1 unspecified atom stereocenters. The molecule has 0 saturated heterocycles. The first-order valence-electron chi connectivity index (χ1n) is 18.3. The van der Waals surface area contributed by atoms with Gasteiger partial charge in [0.1, 0.15) is 6.10 Å². The van der Waals surface area contributed by atoms with Gasteiger partial charge in [0.05, 0.1) is 0 Å². The Morgan fingerprint density at radius 2 is 0.977 bits per heavy atom. The molecule has 44 heavy (non-hydrogen) atoms. The van der Waals surface area contributed by atoms with Gasteiger partial charge in [-0.15, -0.1) is 0 Å². The Kier molecular flexibility index (Phi) is 33.2. The molecule has 0 saturated carbocycles. The number of ether oxygens (including phenoxy) is 1. The summed E-state index contributed by atoms with van der Waals surface area (Å²) < 4.78 is 5.70. The molecule has 4 heteroatoms. The van der Waals surface area contributed by atoms with Gasteiger partial charge in [-0.05, 0) is 70.6 Å². The van der Waals surface area contributed by atoms with Gasteiger partial charge in [-0.25, -0.2) is 0 Å². The van der Waals surface area contributed by atoms with Crippen LogP contribution >= 0.6 is 0 Å². The van der Waals surface area contributed by atoms with Crippen LogP contribution in [0, 0.1) is 0 Å². The molecule has 0 amide bonds. The van der Waals surface area contributed by atoms with E-state index in [1.807, 2.05) is 0 Å². The predicted molar refractivity (Wildman–Crippen MR) is 190 cm³/mol. The molecule has 0 rings (SSSR count). The number of carbonyl (C=O) groups is 2. The Morgan fingerprint density at radius 1 is 0.523 bits per heavy atom. The van der Waals surface area contributed by atoms with E-state index in [0.717, 1.165) is 77.0 Å². The number of unbranched alkanes of at least 4 members (excludes halogenated alkanes) is 14. The molecule has 0 aromatic heterocycles. The van der Waals surface area contributed by atoms with Crippen LogP contribution in [0.3, 0.4) is 0 Å². The van der Waals surface area contributed by atoms with Crippen LogP contribution < -0.4 is 0 Å². The number of allylic oxidation sites excluding steroid dienone is 10. The van der Waals surface area contributed by atoms with Crippen LogP contribution in [-0.4, -0.2) is 23.1 Å². The number of aliphatic carboxylic acids is 1. The summed E-state index contributed by atoms with van der Waals surface area (Å²) in [5.41, 5.74) is 0. The van der Waals surface area contributed by atoms with Gasteiger partial charge < -0.3 is 9.84 Å². The van der Waals surface area contributed by atoms with Gasteiger partial charge in [0.25, 0.3) is 0 Å². The van der Waals surface area contributed by atoms with E-state index in [-0.39, 0.29) is 18.5 Å². The Hall–Kier alpha value is -2.36. The first-order valence-corrected chi connectivity index (χ1v) is 18.3. The number of hydrogen-bond acceptors (Lipinski definition) is 3. The van der Waals surface area contributed by atoms with Crippen LogP contribution in [0.5, 0.6) is 0 Å². The molecular formula is C40H68O4. The normalized spacial score (nSPS) is 13.0. The second-order valence-corrected chi connectivity index (χ2v) is 12.0. The zero-order valence-corrected chi connectivity index (χ0v) is 28.7. The lowest BCUT2D eigenvalue weighted by molar-refractivity contribution is -0.151. The average molecular weight is 613 g/mol. The van der Waals surface area contributed by atoms with E-state index < -0.39 is 5.97 Å². The van der Waals surface area contributed by atoms with E-state index in [1.54, 1.807) is 0 Å². The summed E-state index contributed by atoms with van der Waals surface area (Å²) in [6.45, 7) is 4.41. The highest BCUT2D eigenvalue weighted by Crippen LogP contribution is 2.17. The highest BCUT2D eigenvalue weighted by Gasteiger charge is 2.15. The Morgan fingerprint density at radius 3 is 1.50 bits per heavy atom. The molecule has 0 radical (unpaired) electrons. The van der Waals surface area contributed by atoms with E-state index in [4.69, 9.17) is 9.84 Å². The summed E-state index contributed by atoms with van der Waals surface area (Å²) in [4.78, 5) is 23.4. The lowest BCUT2D eigenvalue weighted by Gasteiger charge is -2.17. The molecule has 0 fully saturated rings. The maximum atomic E-state index is 12.4. The fourth-order valence-electron chi connectivity index (χ4n) is 5.08. The SMILES string of the molecule is CC/C=C\C/C=C\C/C=C\C/C=C\C/C=C\CCCCCCCC(=O)OC(CCCCCCCCCCCC)CCC(=O)O. The number of carboxylic acid groups (broad SMARTS) is 1. The summed E-state index contributed by atoms with van der Waals surface area (Å²) in [5, 5.41) is 9.08. The number of carboxylic acids is 1. The van der Waals surface area contributed by atoms with Crippen molar-refractivity contribution in [2.45, 2.75) is 180 Å². The van der Waals surface area contributed by atoms with Crippen molar-refractivity contribution >= 4 is 11.9 Å². The Balaban J connectivity index is 3.80. The number of hydrogen-bond donors (Lipinski definition) is 1. The zero-order chi connectivity index (χ0) is 32.2. The van der Waals surface area contributed by atoms with Crippen molar-refractivity contribution in [3.05, 3.63) is 60.8 Å². The van der Waals surface area contributed by atoms with E-state index in [1.165, 1.54) is 64.2 Å². The molecule has 0 bridgehead atoms. The van der Waals surface area contributed by atoms with Gasteiger partial charge in [-0.2, -0.15) is 0 Å². The molecule has 4 nitrogen and oxygen atoms in total. The van der Waals surface area contributed by atoms with Crippen molar-refractivity contribution in [2.24, 2.45) is 0 Å². The molecule has 1 atom stereocenters. The van der Waals surface area contributed by atoms with E-state index in [0.29, 0.717) is 12.8 Å². The van der Waals surface area contributed by atoms with Gasteiger partial charge in [0.15, 0.2) is 0 Å².